The van der Waals surface area contributed by atoms with E-state index in [0.717, 1.165) is 29.8 Å². The summed E-state index contributed by atoms with van der Waals surface area (Å²) < 4.78 is 0. The van der Waals surface area contributed by atoms with Gasteiger partial charge in [0.15, 0.2) is 0 Å². The average Bonchev–Trinajstić information content (AvgIpc) is 3.12. The topological polar surface area (TPSA) is 44.8 Å². The molecule has 2 bridgehead atoms. The molecule has 1 unspecified atom stereocenters. The summed E-state index contributed by atoms with van der Waals surface area (Å²) in [5.74, 6) is 1.46. The largest absolute Gasteiger partial charge is 0.356 e. The zero-order valence-corrected chi connectivity index (χ0v) is 15.8. The van der Waals surface area contributed by atoms with Crippen LogP contribution in [0.15, 0.2) is 18.3 Å². The van der Waals surface area contributed by atoms with Gasteiger partial charge < -0.3 is 9.88 Å². The normalized spacial score (nSPS) is 27.5. The van der Waals surface area contributed by atoms with Crippen LogP contribution < -0.4 is 0 Å². The fourth-order valence-electron chi connectivity index (χ4n) is 5.44. The van der Waals surface area contributed by atoms with Crippen LogP contribution in [0.3, 0.4) is 0 Å². The Morgan fingerprint density at radius 1 is 1.08 bits per heavy atom. The number of rotatable bonds is 1. The molecule has 26 heavy (non-hydrogen) atoms. The van der Waals surface area contributed by atoms with E-state index < -0.39 is 0 Å². The van der Waals surface area contributed by atoms with Crippen LogP contribution in [-0.4, -0.2) is 39.5 Å². The highest BCUT2D eigenvalue weighted by Gasteiger charge is 2.36. The summed E-state index contributed by atoms with van der Waals surface area (Å²) in [6.45, 7) is 3.78. The fourth-order valence-corrected chi connectivity index (χ4v) is 5.44. The summed E-state index contributed by atoms with van der Waals surface area (Å²) in [4.78, 5) is 16.2. The van der Waals surface area contributed by atoms with Gasteiger partial charge in [0.1, 0.15) is 0 Å². The van der Waals surface area contributed by atoms with Crippen LogP contribution in [0.25, 0.3) is 21.9 Å². The van der Waals surface area contributed by atoms with Gasteiger partial charge in [-0.2, -0.15) is 0 Å². The van der Waals surface area contributed by atoms with E-state index in [-0.39, 0.29) is 12.4 Å². The van der Waals surface area contributed by atoms with Crippen LogP contribution in [0.2, 0.25) is 0 Å². The third kappa shape index (κ3) is 2.39. The number of halogens is 1. The molecule has 1 aromatic carbocycles. The van der Waals surface area contributed by atoms with E-state index in [1.54, 1.807) is 0 Å². The van der Waals surface area contributed by atoms with E-state index in [2.05, 4.69) is 28.2 Å². The minimum absolute atomic E-state index is 0. The molecule has 136 valence electrons. The van der Waals surface area contributed by atoms with E-state index in [4.69, 9.17) is 9.97 Å². The van der Waals surface area contributed by atoms with Gasteiger partial charge >= 0.3 is 0 Å². The third-order valence-electron chi connectivity index (χ3n) is 6.81. The quantitative estimate of drug-likeness (QED) is 0.699. The fraction of sp³-hybridized carbons (Fsp3) is 0.524. The van der Waals surface area contributed by atoms with Crippen molar-refractivity contribution in [2.75, 3.05) is 19.6 Å². The van der Waals surface area contributed by atoms with Crippen molar-refractivity contribution in [1.29, 1.82) is 0 Å². The number of H-pyrrole nitrogens is 1. The molecule has 3 aliphatic heterocycles. The Labute approximate surface area is 159 Å². The molecule has 4 nitrogen and oxygen atoms in total. The van der Waals surface area contributed by atoms with Gasteiger partial charge in [0.2, 0.25) is 0 Å². The van der Waals surface area contributed by atoms with Gasteiger partial charge in [0.25, 0.3) is 0 Å². The van der Waals surface area contributed by atoms with Gasteiger partial charge in [-0.25, -0.2) is 4.98 Å². The molecule has 1 aliphatic carbocycles. The maximum absolute atomic E-state index is 5.15. The number of hydrogen-bond acceptors (Lipinski definition) is 3. The Hall–Kier alpha value is -1.65. The van der Waals surface area contributed by atoms with Crippen molar-refractivity contribution in [1.82, 2.24) is 19.9 Å². The lowest BCUT2D eigenvalue weighted by Crippen LogP contribution is -2.46. The first-order valence-corrected chi connectivity index (χ1v) is 9.88. The summed E-state index contributed by atoms with van der Waals surface area (Å²) in [5, 5.41) is 1.32. The molecule has 3 aromatic rings. The number of aromatic amines is 1. The summed E-state index contributed by atoms with van der Waals surface area (Å²) in [6.07, 6.45) is 9.64. The molecular weight excluding hydrogens is 344 g/mol. The standard InChI is InChI=1S/C21H24N4.ClH/c1-2-4-17-16(3-1)23-19-6-5-18-20(21(19)24-17)14(11-22-18)15-12-25-9-7-13(15)8-10-25;/h5-6,11,13,15,23H,1-4,7-10,12H2;1H. The molecule has 0 saturated carbocycles. The Morgan fingerprint density at radius 2 is 1.92 bits per heavy atom. The predicted octanol–water partition coefficient (Wildman–Crippen LogP) is 4.22. The molecule has 1 atom stereocenters. The number of hydrogen-bond donors (Lipinski definition) is 1. The molecule has 4 aliphatic rings. The number of aryl methyl sites for hydroxylation is 2. The molecule has 0 radical (unpaired) electrons. The van der Waals surface area contributed by atoms with Crippen molar-refractivity contribution in [2.45, 2.75) is 44.4 Å². The van der Waals surface area contributed by atoms with Gasteiger partial charge in [-0.3, -0.25) is 4.98 Å². The molecule has 3 saturated heterocycles. The summed E-state index contributed by atoms with van der Waals surface area (Å²) in [7, 11) is 0. The number of aromatic nitrogens is 3. The van der Waals surface area contributed by atoms with E-state index in [9.17, 15) is 0 Å². The molecule has 2 aromatic heterocycles. The Morgan fingerprint density at radius 3 is 2.73 bits per heavy atom. The predicted molar refractivity (Wildman–Crippen MR) is 107 cm³/mol. The number of fused-ring (bicyclic) bond motifs is 7. The summed E-state index contributed by atoms with van der Waals surface area (Å²) >= 11 is 0. The van der Waals surface area contributed by atoms with Crippen LogP contribution >= 0.6 is 12.4 Å². The van der Waals surface area contributed by atoms with Crippen LogP contribution in [0.1, 0.15) is 48.6 Å². The van der Waals surface area contributed by atoms with Crippen LogP contribution in [0.5, 0.6) is 0 Å². The molecular formula is C21H25ClN4. The first-order chi connectivity index (χ1) is 12.4. The SMILES string of the molecule is Cl.c1nc2ccc3[nH]c4c(nc3c2c1C1CN2CCC1CC2)CCCC4. The second-order valence-corrected chi connectivity index (χ2v) is 8.18. The zero-order chi connectivity index (χ0) is 16.4. The van der Waals surface area contributed by atoms with Crippen molar-refractivity contribution in [2.24, 2.45) is 5.92 Å². The molecule has 0 spiro atoms. The highest BCUT2D eigenvalue weighted by atomic mass is 35.5. The molecule has 5 heteroatoms. The van der Waals surface area contributed by atoms with Gasteiger partial charge in [-0.15, -0.1) is 12.4 Å². The van der Waals surface area contributed by atoms with Gasteiger partial charge in [-0.1, -0.05) is 0 Å². The summed E-state index contributed by atoms with van der Waals surface area (Å²) in [5.41, 5.74) is 7.54. The first-order valence-electron chi connectivity index (χ1n) is 9.88. The lowest BCUT2D eigenvalue weighted by molar-refractivity contribution is 0.0877. The molecule has 1 N–H and O–H groups in total. The average molecular weight is 369 g/mol. The van der Waals surface area contributed by atoms with E-state index in [0.29, 0.717) is 5.92 Å². The summed E-state index contributed by atoms with van der Waals surface area (Å²) in [6, 6.07) is 4.35. The van der Waals surface area contributed by atoms with Crippen LogP contribution in [0, 0.1) is 5.92 Å². The second-order valence-electron chi connectivity index (χ2n) is 8.18. The van der Waals surface area contributed by atoms with E-state index >= 15 is 0 Å². The van der Waals surface area contributed by atoms with Gasteiger partial charge in [0.05, 0.1) is 22.2 Å². The molecule has 5 heterocycles. The lowest BCUT2D eigenvalue weighted by atomic mass is 9.75. The third-order valence-corrected chi connectivity index (χ3v) is 6.81. The minimum atomic E-state index is 0. The van der Waals surface area contributed by atoms with Crippen molar-refractivity contribution in [3.63, 3.8) is 0 Å². The Bertz CT molecular complexity index is 971. The minimum Gasteiger partial charge on any atom is -0.356 e. The lowest BCUT2D eigenvalue weighted by Gasteiger charge is -2.44. The zero-order valence-electron chi connectivity index (χ0n) is 15.0. The van der Waals surface area contributed by atoms with Crippen molar-refractivity contribution in [3.05, 3.63) is 35.3 Å². The van der Waals surface area contributed by atoms with E-state index in [1.807, 2.05) is 0 Å². The number of nitrogens with zero attached hydrogens (tertiary/aromatic N) is 3. The van der Waals surface area contributed by atoms with Gasteiger partial charge in [0, 0.05) is 29.7 Å². The maximum Gasteiger partial charge on any atom is 0.0965 e. The molecule has 3 fully saturated rings. The Balaban J connectivity index is 0.00000150. The van der Waals surface area contributed by atoms with Crippen LogP contribution in [0.4, 0.5) is 0 Å². The van der Waals surface area contributed by atoms with Crippen molar-refractivity contribution >= 4 is 34.3 Å². The van der Waals surface area contributed by atoms with Crippen LogP contribution in [-0.2, 0) is 12.8 Å². The van der Waals surface area contributed by atoms with Crippen molar-refractivity contribution < 1.29 is 0 Å². The maximum atomic E-state index is 5.15. The second kappa shape index (κ2) is 6.21. The molecule has 7 rings (SSSR count). The number of benzene rings is 1. The number of piperidine rings is 3. The molecule has 0 amide bonds. The van der Waals surface area contributed by atoms with Crippen molar-refractivity contribution in [3.8, 4) is 0 Å². The number of nitrogens with one attached hydrogen (secondary N) is 1. The first kappa shape index (κ1) is 16.5. The highest BCUT2D eigenvalue weighted by molar-refractivity contribution is 6.05. The highest BCUT2D eigenvalue weighted by Crippen LogP contribution is 2.42. The van der Waals surface area contributed by atoms with E-state index in [1.165, 1.54) is 73.2 Å². The smallest absolute Gasteiger partial charge is 0.0965 e. The van der Waals surface area contributed by atoms with Gasteiger partial charge in [-0.05, 0) is 75.2 Å². The monoisotopic (exact) mass is 368 g/mol. The Kier molecular flexibility index (Phi) is 3.94.